The molecule has 0 unspecified atom stereocenters. The first-order valence-electron chi connectivity index (χ1n) is 9.68. The van der Waals surface area contributed by atoms with Crippen LogP contribution < -0.4 is 10.1 Å². The number of nitrogens with one attached hydrogen (secondary N) is 1. The third kappa shape index (κ3) is 3.88. The van der Waals surface area contributed by atoms with Crippen molar-refractivity contribution < 1.29 is 4.74 Å². The average molecular weight is 410 g/mol. The van der Waals surface area contributed by atoms with E-state index >= 15 is 0 Å². The molecule has 30 heavy (non-hydrogen) atoms. The number of thiophene rings is 1. The van der Waals surface area contributed by atoms with Crippen LogP contribution in [-0.2, 0) is 6.61 Å². The number of hydrogen-bond acceptors (Lipinski definition) is 5. The van der Waals surface area contributed by atoms with Gasteiger partial charge in [0.1, 0.15) is 29.3 Å². The van der Waals surface area contributed by atoms with E-state index in [0.717, 1.165) is 44.2 Å². The predicted molar refractivity (Wildman–Crippen MR) is 123 cm³/mol. The first kappa shape index (κ1) is 18.3. The quantitative estimate of drug-likeness (QED) is 0.340. The van der Waals surface area contributed by atoms with E-state index in [1.165, 1.54) is 0 Å². The van der Waals surface area contributed by atoms with E-state index in [9.17, 15) is 0 Å². The molecule has 0 saturated carbocycles. The van der Waals surface area contributed by atoms with Gasteiger partial charge in [-0.3, -0.25) is 0 Å². The monoisotopic (exact) mass is 409 g/mol. The van der Waals surface area contributed by atoms with Gasteiger partial charge >= 0.3 is 0 Å². The topological polar surface area (TPSA) is 47.0 Å². The Kier molecular flexibility index (Phi) is 5.10. The second-order valence-corrected chi connectivity index (χ2v) is 7.70. The summed E-state index contributed by atoms with van der Waals surface area (Å²) >= 11 is 1.63. The van der Waals surface area contributed by atoms with E-state index in [-0.39, 0.29) is 0 Å². The van der Waals surface area contributed by atoms with E-state index in [0.29, 0.717) is 6.61 Å². The van der Waals surface area contributed by atoms with Gasteiger partial charge in [0, 0.05) is 16.6 Å². The number of fused-ring (bicyclic) bond motifs is 1. The molecule has 0 amide bonds. The zero-order chi connectivity index (χ0) is 20.2. The molecule has 0 bridgehead atoms. The van der Waals surface area contributed by atoms with Crippen molar-refractivity contribution in [1.82, 2.24) is 9.97 Å². The minimum Gasteiger partial charge on any atom is -0.489 e. The summed E-state index contributed by atoms with van der Waals surface area (Å²) < 4.78 is 5.88. The van der Waals surface area contributed by atoms with Gasteiger partial charge in [-0.05, 0) is 35.4 Å². The van der Waals surface area contributed by atoms with E-state index in [1.54, 1.807) is 17.7 Å². The van der Waals surface area contributed by atoms with Crippen molar-refractivity contribution in [3.63, 3.8) is 0 Å². The molecule has 2 heterocycles. The third-order valence-corrected chi connectivity index (χ3v) is 5.71. The lowest BCUT2D eigenvalue weighted by molar-refractivity contribution is 0.306. The van der Waals surface area contributed by atoms with Crippen LogP contribution in [0.25, 0.3) is 21.3 Å². The van der Waals surface area contributed by atoms with Gasteiger partial charge in [-0.2, -0.15) is 0 Å². The molecule has 1 N–H and O–H groups in total. The minimum absolute atomic E-state index is 0.551. The van der Waals surface area contributed by atoms with E-state index in [4.69, 9.17) is 4.74 Å². The molecular weight excluding hydrogens is 390 g/mol. The number of nitrogens with zero attached hydrogens (tertiary/aromatic N) is 2. The first-order chi connectivity index (χ1) is 14.9. The lowest BCUT2D eigenvalue weighted by atomic mass is 10.1. The van der Waals surface area contributed by atoms with Crippen LogP contribution >= 0.6 is 11.3 Å². The summed E-state index contributed by atoms with van der Waals surface area (Å²) in [5.41, 5.74) is 4.40. The average Bonchev–Trinajstić information content (AvgIpc) is 3.25. The van der Waals surface area contributed by atoms with Gasteiger partial charge in [0.2, 0.25) is 0 Å². The van der Waals surface area contributed by atoms with Gasteiger partial charge in [0.15, 0.2) is 0 Å². The normalized spacial score (nSPS) is 10.8. The molecule has 0 atom stereocenters. The molecule has 0 radical (unpaired) electrons. The Labute approximate surface area is 178 Å². The molecule has 4 nitrogen and oxygen atoms in total. The van der Waals surface area contributed by atoms with Crippen LogP contribution in [0.3, 0.4) is 0 Å². The molecule has 0 spiro atoms. The zero-order valence-corrected chi connectivity index (χ0v) is 17.0. The molecule has 0 aliphatic heterocycles. The molecule has 5 heteroatoms. The van der Waals surface area contributed by atoms with Gasteiger partial charge in [-0.15, -0.1) is 11.3 Å². The fraction of sp³-hybridized carbons (Fsp3) is 0.0400. The maximum absolute atomic E-state index is 5.88. The SMILES string of the molecule is c1ccc(COc2ccc(Nc3ncnc4scc(-c5ccccc5)c34)cc2)cc1. The second-order valence-electron chi connectivity index (χ2n) is 6.84. The Balaban J connectivity index is 1.37. The van der Waals surface area contributed by atoms with Gasteiger partial charge in [-0.1, -0.05) is 60.7 Å². The number of anilines is 2. The van der Waals surface area contributed by atoms with Gasteiger partial charge in [0.25, 0.3) is 0 Å². The van der Waals surface area contributed by atoms with Crippen LogP contribution in [0.2, 0.25) is 0 Å². The van der Waals surface area contributed by atoms with Crippen molar-refractivity contribution in [2.24, 2.45) is 0 Å². The Morgan fingerprint density at radius 2 is 1.53 bits per heavy atom. The van der Waals surface area contributed by atoms with Crippen molar-refractivity contribution in [2.75, 3.05) is 5.32 Å². The van der Waals surface area contributed by atoms with Crippen LogP contribution in [0, 0.1) is 0 Å². The number of ether oxygens (including phenoxy) is 1. The lowest BCUT2D eigenvalue weighted by Gasteiger charge is -2.10. The highest BCUT2D eigenvalue weighted by Gasteiger charge is 2.13. The summed E-state index contributed by atoms with van der Waals surface area (Å²) in [6, 6.07) is 28.4. The Morgan fingerprint density at radius 3 is 2.30 bits per heavy atom. The lowest BCUT2D eigenvalue weighted by Crippen LogP contribution is -1.97. The van der Waals surface area contributed by atoms with Crippen molar-refractivity contribution in [3.05, 3.63) is 102 Å². The number of benzene rings is 3. The molecule has 0 saturated heterocycles. The van der Waals surface area contributed by atoms with Crippen molar-refractivity contribution in [1.29, 1.82) is 0 Å². The van der Waals surface area contributed by atoms with Gasteiger partial charge < -0.3 is 10.1 Å². The molecule has 5 rings (SSSR count). The highest BCUT2D eigenvalue weighted by molar-refractivity contribution is 7.17. The van der Waals surface area contributed by atoms with Crippen molar-refractivity contribution in [3.8, 4) is 16.9 Å². The standard InChI is InChI=1S/C25H19N3OS/c1-3-7-18(8-4-1)15-29-21-13-11-20(12-14-21)28-24-23-22(19-9-5-2-6-10-19)16-30-25(23)27-17-26-24/h1-14,16-17H,15H2,(H,26,27,28). The molecular formula is C25H19N3OS. The Hall–Kier alpha value is -3.70. The molecule has 0 aliphatic carbocycles. The molecule has 146 valence electrons. The van der Waals surface area contributed by atoms with E-state index in [1.807, 2.05) is 60.7 Å². The Morgan fingerprint density at radius 1 is 0.800 bits per heavy atom. The van der Waals surface area contributed by atoms with Crippen LogP contribution in [0.15, 0.2) is 96.6 Å². The van der Waals surface area contributed by atoms with Crippen LogP contribution in [0.4, 0.5) is 11.5 Å². The summed E-state index contributed by atoms with van der Waals surface area (Å²) in [5, 5.41) is 6.62. The number of rotatable bonds is 6. The molecule has 3 aromatic carbocycles. The van der Waals surface area contributed by atoms with Gasteiger partial charge in [0.05, 0.1) is 5.39 Å². The summed E-state index contributed by atoms with van der Waals surface area (Å²) in [6.07, 6.45) is 1.60. The predicted octanol–water partition coefficient (Wildman–Crippen LogP) is 6.68. The largest absolute Gasteiger partial charge is 0.489 e. The second kappa shape index (κ2) is 8.35. The van der Waals surface area contributed by atoms with Gasteiger partial charge in [-0.25, -0.2) is 9.97 Å². The molecule has 5 aromatic rings. The van der Waals surface area contributed by atoms with Crippen LogP contribution in [-0.4, -0.2) is 9.97 Å². The summed E-state index contributed by atoms with van der Waals surface area (Å²) in [7, 11) is 0. The van der Waals surface area contributed by atoms with Crippen LogP contribution in [0.5, 0.6) is 5.75 Å². The first-order valence-corrected chi connectivity index (χ1v) is 10.6. The third-order valence-electron chi connectivity index (χ3n) is 4.82. The summed E-state index contributed by atoms with van der Waals surface area (Å²) in [4.78, 5) is 9.92. The highest BCUT2D eigenvalue weighted by atomic mass is 32.1. The molecule has 0 aliphatic rings. The summed E-state index contributed by atoms with van der Waals surface area (Å²) in [5.74, 6) is 1.64. The zero-order valence-electron chi connectivity index (χ0n) is 16.2. The minimum atomic E-state index is 0.551. The fourth-order valence-corrected chi connectivity index (χ4v) is 4.23. The highest BCUT2D eigenvalue weighted by Crippen LogP contribution is 2.37. The maximum atomic E-state index is 5.88. The van der Waals surface area contributed by atoms with E-state index < -0.39 is 0 Å². The van der Waals surface area contributed by atoms with E-state index in [2.05, 4.69) is 44.9 Å². The van der Waals surface area contributed by atoms with Crippen LogP contribution in [0.1, 0.15) is 5.56 Å². The number of hydrogen-bond donors (Lipinski definition) is 1. The summed E-state index contributed by atoms with van der Waals surface area (Å²) in [6.45, 7) is 0.551. The van der Waals surface area contributed by atoms with Crippen molar-refractivity contribution in [2.45, 2.75) is 6.61 Å². The fourth-order valence-electron chi connectivity index (χ4n) is 3.31. The number of aromatic nitrogens is 2. The smallest absolute Gasteiger partial charge is 0.143 e. The maximum Gasteiger partial charge on any atom is 0.143 e. The molecule has 2 aromatic heterocycles. The Bertz CT molecular complexity index is 1250. The molecule has 0 fully saturated rings. The van der Waals surface area contributed by atoms with Crippen molar-refractivity contribution >= 4 is 33.1 Å².